The molecule has 4 fully saturated rings. The third kappa shape index (κ3) is 3.30. The molecule has 23 heavy (non-hydrogen) atoms. The maximum atomic E-state index is 2.60. The van der Waals surface area contributed by atoms with Crippen LogP contribution in [0, 0.1) is 0 Å². The molecule has 4 saturated heterocycles. The van der Waals surface area contributed by atoms with Gasteiger partial charge >= 0.3 is 0 Å². The van der Waals surface area contributed by atoms with Crippen LogP contribution in [0.2, 0.25) is 21.3 Å². The first kappa shape index (κ1) is 16.6. The number of hydrogen-bond donors (Lipinski definition) is 0. The molecular weight excluding hydrogens is 274 g/mol. The predicted molar refractivity (Wildman–Crippen MR) is 106 cm³/mol. The van der Waals surface area contributed by atoms with Crippen molar-refractivity contribution in [3.8, 4) is 0 Å². The van der Waals surface area contributed by atoms with Crippen molar-refractivity contribution in [2.24, 2.45) is 0 Å². The van der Waals surface area contributed by atoms with Crippen LogP contribution < -0.4 is 0 Å². The second-order valence-electron chi connectivity index (χ2n) is 11.2. The van der Waals surface area contributed by atoms with E-state index in [1.165, 1.54) is 51.4 Å². The highest BCUT2D eigenvalue weighted by Gasteiger charge is 2.48. The Morgan fingerprint density at radius 2 is 0.913 bits per heavy atom. The molecule has 4 heterocycles. The lowest BCUT2D eigenvalue weighted by atomic mass is 9.28. The van der Waals surface area contributed by atoms with E-state index in [1.54, 1.807) is 59.5 Å². The molecule has 2 heteroatoms. The summed E-state index contributed by atoms with van der Waals surface area (Å²) in [7, 11) is 3.15. The SMILES string of the molecule is CC12BC(CCCC34BC(C)(CCC3)CCC4)(CCC1)CCC2. The van der Waals surface area contributed by atoms with Crippen molar-refractivity contribution >= 4 is 14.6 Å². The summed E-state index contributed by atoms with van der Waals surface area (Å²) in [5.74, 6) is 0. The Labute approximate surface area is 146 Å². The van der Waals surface area contributed by atoms with E-state index in [-0.39, 0.29) is 0 Å². The molecule has 0 saturated carbocycles. The standard InChI is InChI=1S/C21H38B2/c1-18-8-3-12-20(22-18,13-4-9-18)16-7-17-21-14-5-10-19(2,23-21)11-6-15-21/h22-23H,3-17H2,1-2H3. The molecule has 0 amide bonds. The van der Waals surface area contributed by atoms with E-state index in [4.69, 9.17) is 0 Å². The molecule has 0 unspecified atom stereocenters. The highest BCUT2D eigenvalue weighted by Crippen LogP contribution is 2.63. The van der Waals surface area contributed by atoms with Crippen molar-refractivity contribution in [3.63, 3.8) is 0 Å². The van der Waals surface area contributed by atoms with Crippen molar-refractivity contribution in [3.05, 3.63) is 0 Å². The monoisotopic (exact) mass is 312 g/mol. The molecule has 0 atom stereocenters. The van der Waals surface area contributed by atoms with E-state index >= 15 is 0 Å². The molecule has 128 valence electrons. The first-order chi connectivity index (χ1) is 10.9. The van der Waals surface area contributed by atoms with Gasteiger partial charge in [-0.15, -0.1) is 0 Å². The van der Waals surface area contributed by atoms with Gasteiger partial charge in [-0.1, -0.05) is 131 Å². The van der Waals surface area contributed by atoms with Crippen LogP contribution >= 0.6 is 0 Å². The fourth-order valence-corrected chi connectivity index (χ4v) is 8.09. The van der Waals surface area contributed by atoms with Crippen LogP contribution in [0.4, 0.5) is 0 Å². The molecule has 0 aromatic heterocycles. The molecular formula is C21H38B2. The average molecular weight is 312 g/mol. The van der Waals surface area contributed by atoms with Gasteiger partial charge in [0.15, 0.2) is 0 Å². The summed E-state index contributed by atoms with van der Waals surface area (Å²) in [6, 6.07) is 0. The zero-order valence-electron chi connectivity index (χ0n) is 16.0. The second-order valence-corrected chi connectivity index (χ2v) is 11.2. The van der Waals surface area contributed by atoms with E-state index < -0.39 is 0 Å². The van der Waals surface area contributed by atoms with Crippen molar-refractivity contribution in [2.45, 2.75) is 131 Å². The van der Waals surface area contributed by atoms with Crippen LogP contribution in [-0.2, 0) is 0 Å². The molecule has 0 aromatic rings. The van der Waals surface area contributed by atoms with E-state index in [9.17, 15) is 0 Å². The average Bonchev–Trinajstić information content (AvgIpc) is 2.45. The van der Waals surface area contributed by atoms with Gasteiger partial charge in [0.05, 0.1) is 0 Å². The minimum Gasteiger partial charge on any atom is -0.0665 e. The third-order valence-corrected chi connectivity index (χ3v) is 8.97. The van der Waals surface area contributed by atoms with Crippen LogP contribution in [0.3, 0.4) is 0 Å². The van der Waals surface area contributed by atoms with Crippen LogP contribution in [0.1, 0.15) is 110 Å². The Kier molecular flexibility index (Phi) is 4.21. The van der Waals surface area contributed by atoms with Gasteiger partial charge in [0, 0.05) is 0 Å². The fraction of sp³-hybridized carbons (Fsp3) is 1.00. The van der Waals surface area contributed by atoms with Gasteiger partial charge in [-0.3, -0.25) is 0 Å². The van der Waals surface area contributed by atoms with E-state index in [2.05, 4.69) is 13.8 Å². The smallest absolute Gasteiger partial charge is 0.0665 e. The minimum atomic E-state index is 0.725. The normalized spacial score (nSPS) is 49.1. The molecule has 4 bridgehead atoms. The zero-order valence-corrected chi connectivity index (χ0v) is 16.0. The van der Waals surface area contributed by atoms with Crippen molar-refractivity contribution < 1.29 is 0 Å². The first-order valence-corrected chi connectivity index (χ1v) is 10.9. The summed E-state index contributed by atoms with van der Waals surface area (Å²) in [5.41, 5.74) is 0. The number of hydrogen-bond acceptors (Lipinski definition) is 0. The lowest BCUT2D eigenvalue weighted by Gasteiger charge is -2.52. The summed E-state index contributed by atoms with van der Waals surface area (Å²) < 4.78 is 0. The lowest BCUT2D eigenvalue weighted by Crippen LogP contribution is -2.40. The Bertz CT molecular complexity index is 381. The highest BCUT2D eigenvalue weighted by molar-refractivity contribution is 6.45. The third-order valence-electron chi connectivity index (χ3n) is 8.97. The van der Waals surface area contributed by atoms with Gasteiger partial charge in [-0.05, 0) is 0 Å². The van der Waals surface area contributed by atoms with E-state index in [1.807, 2.05) is 0 Å². The minimum absolute atomic E-state index is 0.725. The van der Waals surface area contributed by atoms with E-state index in [0.29, 0.717) is 0 Å². The molecule has 0 spiro atoms. The second kappa shape index (κ2) is 5.84. The van der Waals surface area contributed by atoms with Crippen LogP contribution in [-0.4, -0.2) is 14.6 Å². The summed E-state index contributed by atoms with van der Waals surface area (Å²) in [5, 5.41) is 3.00. The Balaban J connectivity index is 1.36. The molecule has 4 aliphatic rings. The first-order valence-electron chi connectivity index (χ1n) is 10.9. The summed E-state index contributed by atoms with van der Waals surface area (Å²) in [6.45, 7) is 5.21. The predicted octanol–water partition coefficient (Wildman–Crippen LogP) is 6.44. The highest BCUT2D eigenvalue weighted by atomic mass is 14.4. The maximum absolute atomic E-state index is 2.60. The summed E-state index contributed by atoms with van der Waals surface area (Å²) in [4.78, 5) is 0. The molecule has 0 N–H and O–H groups in total. The number of rotatable bonds is 4. The quantitative estimate of drug-likeness (QED) is 0.524. The van der Waals surface area contributed by atoms with Gasteiger partial charge < -0.3 is 0 Å². The van der Waals surface area contributed by atoms with Crippen LogP contribution in [0.5, 0.6) is 0 Å². The maximum Gasteiger partial charge on any atom is 0.135 e. The number of fused-ring (bicyclic) bond motifs is 4. The summed E-state index contributed by atoms with van der Waals surface area (Å²) >= 11 is 0. The molecule has 0 nitrogen and oxygen atoms in total. The van der Waals surface area contributed by atoms with E-state index in [0.717, 1.165) is 21.3 Å². The molecule has 0 aliphatic carbocycles. The van der Waals surface area contributed by atoms with Gasteiger partial charge in [0.25, 0.3) is 0 Å². The van der Waals surface area contributed by atoms with Gasteiger partial charge in [-0.2, -0.15) is 0 Å². The largest absolute Gasteiger partial charge is 0.135 e. The van der Waals surface area contributed by atoms with Gasteiger partial charge in [-0.25, -0.2) is 0 Å². The van der Waals surface area contributed by atoms with Gasteiger partial charge in [0.2, 0.25) is 0 Å². The molecule has 4 rings (SSSR count). The van der Waals surface area contributed by atoms with Crippen LogP contribution in [0.15, 0.2) is 0 Å². The Morgan fingerprint density at radius 3 is 1.26 bits per heavy atom. The summed E-state index contributed by atoms with van der Waals surface area (Å²) in [6.07, 6.45) is 23.1. The fourth-order valence-electron chi connectivity index (χ4n) is 8.09. The van der Waals surface area contributed by atoms with Crippen molar-refractivity contribution in [2.75, 3.05) is 0 Å². The van der Waals surface area contributed by atoms with Crippen molar-refractivity contribution in [1.82, 2.24) is 0 Å². The Morgan fingerprint density at radius 1 is 0.565 bits per heavy atom. The van der Waals surface area contributed by atoms with Gasteiger partial charge in [0.1, 0.15) is 14.6 Å². The zero-order chi connectivity index (χ0) is 16.0. The molecule has 0 radical (unpaired) electrons. The lowest BCUT2D eigenvalue weighted by molar-refractivity contribution is 0.253. The van der Waals surface area contributed by atoms with Crippen LogP contribution in [0.25, 0.3) is 0 Å². The Hall–Kier alpha value is 0.130. The molecule has 4 aliphatic heterocycles. The van der Waals surface area contributed by atoms with Crippen molar-refractivity contribution in [1.29, 1.82) is 0 Å². The molecule has 0 aromatic carbocycles. The topological polar surface area (TPSA) is 0 Å².